The van der Waals surface area contributed by atoms with Gasteiger partial charge >= 0.3 is 11.9 Å². The Morgan fingerprint density at radius 2 is 1.50 bits per heavy atom. The number of hydrogen-bond acceptors (Lipinski definition) is 4. The van der Waals surface area contributed by atoms with Gasteiger partial charge in [-0.15, -0.1) is 0 Å². The van der Waals surface area contributed by atoms with E-state index >= 15 is 0 Å². The van der Waals surface area contributed by atoms with E-state index in [2.05, 4.69) is 11.7 Å². The minimum atomic E-state index is -1.56. The van der Waals surface area contributed by atoms with Gasteiger partial charge in [-0.1, -0.05) is 64.0 Å². The zero-order chi connectivity index (χ0) is 23.6. The van der Waals surface area contributed by atoms with E-state index in [9.17, 15) is 23.5 Å². The molecule has 0 atom stereocenters. The van der Waals surface area contributed by atoms with Gasteiger partial charge in [0.25, 0.3) is 0 Å². The molecule has 0 aromatic heterocycles. The Kier molecular flexibility index (Phi) is 10.6. The molecule has 0 saturated carbocycles. The van der Waals surface area contributed by atoms with E-state index in [0.717, 1.165) is 19.3 Å². The lowest BCUT2D eigenvalue weighted by Crippen LogP contribution is -2.49. The second-order valence-corrected chi connectivity index (χ2v) is 8.89. The number of nitrogens with zero attached hydrogens (tertiary/aromatic N) is 1. The lowest BCUT2D eigenvalue weighted by Gasteiger charge is -2.36. The monoisotopic (exact) mass is 453 g/mol. The highest BCUT2D eigenvalue weighted by Crippen LogP contribution is 2.34. The molecule has 1 N–H and O–H groups in total. The SMILES string of the molecule is CCCCCCCCCCc1ccc(CN2CCC(C(=O)O)(C(=O)OC)CC2)c(F)c1F. The number of carboxylic acid groups (broad SMARTS) is 1. The summed E-state index contributed by atoms with van der Waals surface area (Å²) in [6, 6.07) is 3.28. The Balaban J connectivity index is 1.85. The molecule has 1 aliphatic rings. The molecule has 180 valence electrons. The fraction of sp³-hybridized carbons (Fsp3) is 0.680. The molecule has 0 radical (unpaired) electrons. The molecule has 0 bridgehead atoms. The van der Waals surface area contributed by atoms with Gasteiger partial charge in [-0.3, -0.25) is 14.5 Å². The quantitative estimate of drug-likeness (QED) is 0.243. The van der Waals surface area contributed by atoms with Crippen molar-refractivity contribution in [3.05, 3.63) is 34.9 Å². The first-order valence-electron chi connectivity index (χ1n) is 11.9. The van der Waals surface area contributed by atoms with E-state index in [-0.39, 0.29) is 24.9 Å². The van der Waals surface area contributed by atoms with E-state index < -0.39 is 29.0 Å². The highest BCUT2D eigenvalue weighted by molar-refractivity contribution is 5.99. The van der Waals surface area contributed by atoms with Gasteiger partial charge in [-0.2, -0.15) is 0 Å². The van der Waals surface area contributed by atoms with Gasteiger partial charge in [0.05, 0.1) is 7.11 Å². The highest BCUT2D eigenvalue weighted by Gasteiger charge is 2.49. The number of aliphatic carboxylic acids is 1. The molecule has 1 saturated heterocycles. The van der Waals surface area contributed by atoms with E-state index in [1.807, 2.05) is 4.90 Å². The van der Waals surface area contributed by atoms with Crippen molar-refractivity contribution in [3.8, 4) is 0 Å². The smallest absolute Gasteiger partial charge is 0.323 e. The summed E-state index contributed by atoms with van der Waals surface area (Å²) in [5, 5.41) is 9.50. The number of ether oxygens (including phenoxy) is 1. The predicted octanol–water partition coefficient (Wildman–Crippen LogP) is 5.49. The van der Waals surface area contributed by atoms with Crippen LogP contribution in [0, 0.1) is 17.0 Å². The molecular weight excluding hydrogens is 416 g/mol. The maximum Gasteiger partial charge on any atom is 0.323 e. The number of benzene rings is 1. The van der Waals surface area contributed by atoms with Crippen molar-refractivity contribution >= 4 is 11.9 Å². The third kappa shape index (κ3) is 6.74. The Labute approximate surface area is 190 Å². The van der Waals surface area contributed by atoms with E-state index in [1.165, 1.54) is 39.2 Å². The van der Waals surface area contributed by atoms with Gasteiger partial charge in [0, 0.05) is 25.2 Å². The third-order valence-corrected chi connectivity index (χ3v) is 6.63. The van der Waals surface area contributed by atoms with Crippen LogP contribution in [-0.2, 0) is 27.3 Å². The standard InChI is InChI=1S/C25H37F2NO4/c1-3-4-5-6-7-8-9-10-11-19-12-13-20(22(27)21(19)26)18-28-16-14-25(15-17-28,23(29)30)24(31)32-2/h12-13H,3-11,14-18H2,1-2H3,(H,29,30). The molecular formula is C25H37F2NO4. The number of unbranched alkanes of at least 4 members (excludes halogenated alkanes) is 7. The Morgan fingerprint density at radius 3 is 2.06 bits per heavy atom. The average molecular weight is 454 g/mol. The van der Waals surface area contributed by atoms with Gasteiger partial charge in [0.1, 0.15) is 0 Å². The van der Waals surface area contributed by atoms with Crippen LogP contribution >= 0.6 is 0 Å². The average Bonchev–Trinajstić information content (AvgIpc) is 2.79. The molecule has 1 heterocycles. The minimum absolute atomic E-state index is 0.0790. The maximum absolute atomic E-state index is 14.7. The van der Waals surface area contributed by atoms with Crippen LogP contribution in [0.1, 0.15) is 82.3 Å². The number of methoxy groups -OCH3 is 1. The second-order valence-electron chi connectivity index (χ2n) is 8.89. The molecule has 2 rings (SSSR count). The number of carbonyl (C=O) groups excluding carboxylic acids is 1. The third-order valence-electron chi connectivity index (χ3n) is 6.63. The first-order valence-corrected chi connectivity index (χ1v) is 11.9. The molecule has 7 heteroatoms. The summed E-state index contributed by atoms with van der Waals surface area (Å²) >= 11 is 0. The van der Waals surface area contributed by atoms with Gasteiger partial charge < -0.3 is 9.84 Å². The lowest BCUT2D eigenvalue weighted by atomic mass is 9.78. The summed E-state index contributed by atoms with van der Waals surface area (Å²) in [5.74, 6) is -3.57. The van der Waals surface area contributed by atoms with Crippen molar-refractivity contribution in [3.63, 3.8) is 0 Å². The van der Waals surface area contributed by atoms with Crippen molar-refractivity contribution < 1.29 is 28.2 Å². The largest absolute Gasteiger partial charge is 0.480 e. The van der Waals surface area contributed by atoms with Gasteiger partial charge in [-0.25, -0.2) is 8.78 Å². The summed E-state index contributed by atoms with van der Waals surface area (Å²) in [6.45, 7) is 2.96. The molecule has 0 spiro atoms. The Bertz CT molecular complexity index is 761. The Morgan fingerprint density at radius 1 is 0.969 bits per heavy atom. The first kappa shape index (κ1) is 26.2. The van der Waals surface area contributed by atoms with Crippen LogP contribution in [0.25, 0.3) is 0 Å². The summed E-state index contributed by atoms with van der Waals surface area (Å²) in [4.78, 5) is 25.5. The highest BCUT2D eigenvalue weighted by atomic mass is 19.2. The van der Waals surface area contributed by atoms with E-state index in [4.69, 9.17) is 0 Å². The van der Waals surface area contributed by atoms with Crippen LogP contribution in [-0.4, -0.2) is 42.1 Å². The number of likely N-dealkylation sites (tertiary alicyclic amines) is 1. The Hall–Kier alpha value is -2.02. The second kappa shape index (κ2) is 12.9. The van der Waals surface area contributed by atoms with Gasteiger partial charge in [-0.05, 0) is 31.2 Å². The normalized spacial score (nSPS) is 16.1. The molecule has 0 aliphatic carbocycles. The van der Waals surface area contributed by atoms with Crippen molar-refractivity contribution in [2.75, 3.05) is 20.2 Å². The van der Waals surface area contributed by atoms with Gasteiger partial charge in [0.15, 0.2) is 17.0 Å². The number of esters is 1. The van der Waals surface area contributed by atoms with Gasteiger partial charge in [0.2, 0.25) is 0 Å². The fourth-order valence-corrected chi connectivity index (χ4v) is 4.43. The number of halogens is 2. The molecule has 1 fully saturated rings. The number of aryl methyl sites for hydroxylation is 1. The molecule has 1 aromatic rings. The first-order chi connectivity index (χ1) is 15.4. The molecule has 1 aliphatic heterocycles. The van der Waals surface area contributed by atoms with Crippen LogP contribution in [0.5, 0.6) is 0 Å². The van der Waals surface area contributed by atoms with E-state index in [0.29, 0.717) is 25.1 Å². The van der Waals surface area contributed by atoms with Crippen LogP contribution in [0.15, 0.2) is 12.1 Å². The summed E-state index contributed by atoms with van der Waals surface area (Å²) in [6.07, 6.45) is 9.91. The fourth-order valence-electron chi connectivity index (χ4n) is 4.43. The minimum Gasteiger partial charge on any atom is -0.480 e. The molecule has 0 unspecified atom stereocenters. The molecule has 5 nitrogen and oxygen atoms in total. The van der Waals surface area contributed by atoms with Crippen LogP contribution in [0.4, 0.5) is 8.78 Å². The topological polar surface area (TPSA) is 66.8 Å². The van der Waals surface area contributed by atoms with Crippen molar-refractivity contribution in [2.24, 2.45) is 5.41 Å². The zero-order valence-electron chi connectivity index (χ0n) is 19.4. The summed E-state index contributed by atoms with van der Waals surface area (Å²) in [5.41, 5.74) is -0.899. The number of rotatable bonds is 13. The summed E-state index contributed by atoms with van der Waals surface area (Å²) in [7, 11) is 1.17. The zero-order valence-corrected chi connectivity index (χ0v) is 19.4. The van der Waals surface area contributed by atoms with Crippen LogP contribution in [0.3, 0.4) is 0 Å². The molecule has 1 aromatic carbocycles. The number of piperidine rings is 1. The molecule has 0 amide bonds. The molecule has 32 heavy (non-hydrogen) atoms. The number of carboxylic acids is 1. The lowest BCUT2D eigenvalue weighted by molar-refractivity contribution is -0.170. The summed E-state index contributed by atoms with van der Waals surface area (Å²) < 4.78 is 33.9. The van der Waals surface area contributed by atoms with Crippen LogP contribution < -0.4 is 0 Å². The predicted molar refractivity (Wildman–Crippen MR) is 119 cm³/mol. The maximum atomic E-state index is 14.7. The number of carbonyl (C=O) groups is 2. The van der Waals surface area contributed by atoms with E-state index in [1.54, 1.807) is 12.1 Å². The number of hydrogen-bond donors (Lipinski definition) is 1. The van der Waals surface area contributed by atoms with Crippen LogP contribution in [0.2, 0.25) is 0 Å². The van der Waals surface area contributed by atoms with Crippen molar-refractivity contribution in [1.29, 1.82) is 0 Å². The van der Waals surface area contributed by atoms with Crippen molar-refractivity contribution in [1.82, 2.24) is 4.90 Å². The van der Waals surface area contributed by atoms with Crippen molar-refractivity contribution in [2.45, 2.75) is 84.1 Å².